The van der Waals surface area contributed by atoms with E-state index in [0.717, 1.165) is 4.70 Å². The van der Waals surface area contributed by atoms with Crippen LogP contribution in [0.5, 0.6) is 5.75 Å². The van der Waals surface area contributed by atoms with Crippen LogP contribution in [0.15, 0.2) is 48.5 Å². The van der Waals surface area contributed by atoms with Crippen molar-refractivity contribution in [2.24, 2.45) is 0 Å². The van der Waals surface area contributed by atoms with Crippen molar-refractivity contribution in [1.29, 1.82) is 5.41 Å². The van der Waals surface area contributed by atoms with Crippen LogP contribution in [-0.4, -0.2) is 15.7 Å². The van der Waals surface area contributed by atoms with Crippen molar-refractivity contribution in [2.45, 2.75) is 0 Å². The number of nitro groups is 1. The Morgan fingerprint density at radius 2 is 1.81 bits per heavy atom. The van der Waals surface area contributed by atoms with E-state index in [1.807, 2.05) is 12.1 Å². The third-order valence-corrected chi connectivity index (χ3v) is 4.34. The van der Waals surface area contributed by atoms with Crippen molar-refractivity contribution in [3.8, 4) is 5.75 Å². The smallest absolute Gasteiger partial charge is 0.278 e. The van der Waals surface area contributed by atoms with Gasteiger partial charge in [-0.1, -0.05) is 24.3 Å². The molecule has 0 bridgehead atoms. The van der Waals surface area contributed by atoms with E-state index in [-0.39, 0.29) is 22.7 Å². The fraction of sp³-hybridized carbons (Fsp3) is 0. The van der Waals surface area contributed by atoms with Crippen molar-refractivity contribution < 1.29 is 10.0 Å². The Kier molecular flexibility index (Phi) is 3.15. The van der Waals surface area contributed by atoms with Crippen LogP contribution >= 0.6 is 11.3 Å². The third-order valence-electron chi connectivity index (χ3n) is 3.17. The number of nitrogens with zero attached hydrogens (tertiary/aromatic N) is 1. The van der Waals surface area contributed by atoms with Crippen molar-refractivity contribution in [3.63, 3.8) is 0 Å². The summed E-state index contributed by atoms with van der Waals surface area (Å²) in [5.41, 5.74) is 0.0183. The molecule has 1 heterocycles. The number of rotatable bonds is 3. The quantitative estimate of drug-likeness (QED) is 0.436. The fourth-order valence-corrected chi connectivity index (χ4v) is 3.23. The van der Waals surface area contributed by atoms with E-state index in [9.17, 15) is 15.2 Å². The molecule has 0 saturated carbocycles. The molecule has 21 heavy (non-hydrogen) atoms. The van der Waals surface area contributed by atoms with E-state index in [1.54, 1.807) is 24.3 Å². The lowest BCUT2D eigenvalue weighted by atomic mass is 10.1. The summed E-state index contributed by atoms with van der Waals surface area (Å²) in [5, 5.41) is 30.2. The van der Waals surface area contributed by atoms with Gasteiger partial charge in [-0.25, -0.2) is 0 Å². The monoisotopic (exact) mass is 298 g/mol. The van der Waals surface area contributed by atoms with Crippen molar-refractivity contribution in [3.05, 3.63) is 69.1 Å². The average molecular weight is 298 g/mol. The summed E-state index contributed by atoms with van der Waals surface area (Å²) in [7, 11) is 0. The average Bonchev–Trinajstić information content (AvgIpc) is 2.84. The summed E-state index contributed by atoms with van der Waals surface area (Å²) < 4.78 is 0.841. The molecule has 5 nitrogen and oxygen atoms in total. The molecule has 0 aliphatic heterocycles. The zero-order valence-corrected chi connectivity index (χ0v) is 11.6. The summed E-state index contributed by atoms with van der Waals surface area (Å²) in [4.78, 5) is 10.9. The van der Waals surface area contributed by atoms with E-state index in [4.69, 9.17) is 5.41 Å². The minimum absolute atomic E-state index is 0.00116. The van der Waals surface area contributed by atoms with Crippen molar-refractivity contribution >= 4 is 32.8 Å². The second-order valence-corrected chi connectivity index (χ2v) is 5.48. The van der Waals surface area contributed by atoms with Gasteiger partial charge in [-0.2, -0.15) is 0 Å². The maximum atomic E-state index is 11.1. The number of aromatic hydroxyl groups is 1. The molecule has 0 spiro atoms. The lowest BCUT2D eigenvalue weighted by Crippen LogP contribution is -2.03. The first-order valence-corrected chi connectivity index (χ1v) is 6.94. The summed E-state index contributed by atoms with van der Waals surface area (Å²) in [5.74, 6) is -0.00116. The van der Waals surface area contributed by atoms with Crippen LogP contribution in [0.1, 0.15) is 10.4 Å². The van der Waals surface area contributed by atoms with Gasteiger partial charge in [0.1, 0.15) is 5.75 Å². The Bertz CT molecular complexity index is 870. The second-order valence-electron chi connectivity index (χ2n) is 4.43. The van der Waals surface area contributed by atoms with Gasteiger partial charge in [0.05, 0.1) is 21.1 Å². The second kappa shape index (κ2) is 4.99. The number of nitro benzene ring substituents is 1. The molecule has 0 unspecified atom stereocenters. The first-order chi connectivity index (χ1) is 10.1. The zero-order chi connectivity index (χ0) is 15.0. The van der Waals surface area contributed by atoms with E-state index in [0.29, 0.717) is 10.3 Å². The maximum absolute atomic E-state index is 11.1. The van der Waals surface area contributed by atoms with Crippen LogP contribution in [0.25, 0.3) is 10.1 Å². The van der Waals surface area contributed by atoms with Crippen LogP contribution in [-0.2, 0) is 0 Å². The highest BCUT2D eigenvalue weighted by Gasteiger charge is 2.22. The highest BCUT2D eigenvalue weighted by Crippen LogP contribution is 2.38. The number of nitrogens with one attached hydrogen (secondary N) is 1. The molecule has 1 aromatic heterocycles. The lowest BCUT2D eigenvalue weighted by Gasteiger charge is -2.03. The van der Waals surface area contributed by atoms with E-state index < -0.39 is 4.92 Å². The third kappa shape index (κ3) is 2.15. The molecule has 6 heteroatoms. The van der Waals surface area contributed by atoms with Gasteiger partial charge in [-0.15, -0.1) is 11.3 Å². The van der Waals surface area contributed by atoms with Gasteiger partial charge >= 0.3 is 0 Å². The number of hydrogen-bond acceptors (Lipinski definition) is 5. The van der Waals surface area contributed by atoms with Gasteiger partial charge in [0.15, 0.2) is 0 Å². The first kappa shape index (κ1) is 13.3. The van der Waals surface area contributed by atoms with Gasteiger partial charge < -0.3 is 5.11 Å². The minimum atomic E-state index is -0.520. The Balaban J connectivity index is 2.18. The summed E-state index contributed by atoms with van der Waals surface area (Å²) in [6.45, 7) is 0. The Morgan fingerprint density at radius 1 is 1.14 bits per heavy atom. The van der Waals surface area contributed by atoms with Gasteiger partial charge in [0.2, 0.25) is 0 Å². The van der Waals surface area contributed by atoms with Gasteiger partial charge in [0, 0.05) is 16.2 Å². The number of thiophene rings is 1. The Morgan fingerprint density at radius 3 is 2.52 bits per heavy atom. The highest BCUT2D eigenvalue weighted by atomic mass is 32.1. The molecule has 0 amide bonds. The van der Waals surface area contributed by atoms with Crippen LogP contribution < -0.4 is 0 Å². The van der Waals surface area contributed by atoms with Crippen LogP contribution in [0, 0.1) is 15.5 Å². The molecule has 0 saturated heterocycles. The molecule has 2 N–H and O–H groups in total. The Labute approximate surface area is 123 Å². The van der Waals surface area contributed by atoms with Gasteiger partial charge in [0.25, 0.3) is 5.69 Å². The molecule has 0 fully saturated rings. The largest absolute Gasteiger partial charge is 0.506 e. The molecule has 0 aliphatic rings. The molecule has 0 radical (unpaired) electrons. The first-order valence-electron chi connectivity index (χ1n) is 6.13. The fourth-order valence-electron chi connectivity index (χ4n) is 2.17. The predicted molar refractivity (Wildman–Crippen MR) is 82.5 cm³/mol. The molecule has 104 valence electrons. The molecule has 2 aromatic carbocycles. The van der Waals surface area contributed by atoms with E-state index in [1.165, 1.54) is 23.5 Å². The topological polar surface area (TPSA) is 87.2 Å². The standard InChI is InChI=1S/C15H10N2O3S/c16-13(9-5-1-3-7-11(9)17(19)20)15-14(18)10-6-2-4-8-12(10)21-15/h1-8,16,18H. The lowest BCUT2D eigenvalue weighted by molar-refractivity contribution is -0.385. The predicted octanol–water partition coefficient (Wildman–Crippen LogP) is 3.93. The SMILES string of the molecule is N=C(c1ccccc1[N+](=O)[O-])c1sc2ccccc2c1O. The minimum Gasteiger partial charge on any atom is -0.506 e. The normalized spacial score (nSPS) is 10.7. The molecule has 0 aliphatic carbocycles. The summed E-state index contributed by atoms with van der Waals surface area (Å²) >= 11 is 1.25. The van der Waals surface area contributed by atoms with Crippen molar-refractivity contribution in [2.75, 3.05) is 0 Å². The van der Waals surface area contributed by atoms with Crippen LogP contribution in [0.4, 0.5) is 5.69 Å². The summed E-state index contributed by atoms with van der Waals surface area (Å²) in [6, 6.07) is 13.3. The van der Waals surface area contributed by atoms with Crippen LogP contribution in [0.2, 0.25) is 0 Å². The van der Waals surface area contributed by atoms with Gasteiger partial charge in [-0.3, -0.25) is 15.5 Å². The van der Waals surface area contributed by atoms with Crippen molar-refractivity contribution in [1.82, 2.24) is 0 Å². The number of fused-ring (bicyclic) bond motifs is 1. The van der Waals surface area contributed by atoms with E-state index in [2.05, 4.69) is 0 Å². The van der Waals surface area contributed by atoms with Gasteiger partial charge in [-0.05, 0) is 18.2 Å². The zero-order valence-electron chi connectivity index (χ0n) is 10.7. The molecule has 3 aromatic rings. The number of benzene rings is 2. The Hall–Kier alpha value is -2.73. The highest BCUT2D eigenvalue weighted by molar-refractivity contribution is 7.21. The molecule has 3 rings (SSSR count). The van der Waals surface area contributed by atoms with Crippen LogP contribution in [0.3, 0.4) is 0 Å². The van der Waals surface area contributed by atoms with E-state index >= 15 is 0 Å². The number of hydrogen-bond donors (Lipinski definition) is 2. The molecular weight excluding hydrogens is 288 g/mol. The maximum Gasteiger partial charge on any atom is 0.278 e. The number of para-hydroxylation sites is 1. The molecule has 0 atom stereocenters. The summed E-state index contributed by atoms with van der Waals surface area (Å²) in [6.07, 6.45) is 0. The molecular formula is C15H10N2O3S.